The highest BCUT2D eigenvalue weighted by Crippen LogP contribution is 2.27. The van der Waals surface area contributed by atoms with Crippen molar-refractivity contribution >= 4 is 21.4 Å². The first-order chi connectivity index (χ1) is 11.7. The maximum atomic E-state index is 5.76. The number of benzene rings is 1. The van der Waals surface area contributed by atoms with Crippen LogP contribution in [0, 0.1) is 6.92 Å². The van der Waals surface area contributed by atoms with Crippen LogP contribution in [0.1, 0.15) is 16.3 Å². The Labute approximate surface area is 144 Å². The monoisotopic (exact) mass is 338 g/mol. The Kier molecular flexibility index (Phi) is 3.96. The van der Waals surface area contributed by atoms with E-state index in [1.54, 1.807) is 12.5 Å². The summed E-state index contributed by atoms with van der Waals surface area (Å²) in [6, 6.07) is 12.6. The van der Waals surface area contributed by atoms with Crippen LogP contribution in [0.3, 0.4) is 0 Å². The number of furan rings is 1. The molecule has 5 heteroatoms. The van der Waals surface area contributed by atoms with E-state index < -0.39 is 0 Å². The first-order valence-electron chi connectivity index (χ1n) is 7.84. The number of rotatable bonds is 5. The second-order valence-corrected chi connectivity index (χ2v) is 7.13. The van der Waals surface area contributed by atoms with E-state index in [9.17, 15) is 0 Å². The van der Waals surface area contributed by atoms with Crippen LogP contribution in [0.5, 0.6) is 0 Å². The highest BCUT2D eigenvalue weighted by atomic mass is 32.1. The third-order valence-electron chi connectivity index (χ3n) is 3.98. The zero-order valence-electron chi connectivity index (χ0n) is 13.7. The fourth-order valence-electron chi connectivity index (χ4n) is 2.78. The number of fused-ring (bicyclic) bond motifs is 1. The summed E-state index contributed by atoms with van der Waals surface area (Å²) in [7, 11) is 2.11. The Bertz CT molecular complexity index is 920. The first-order valence-corrected chi connectivity index (χ1v) is 8.65. The van der Waals surface area contributed by atoms with Crippen molar-refractivity contribution in [2.24, 2.45) is 0 Å². The molecule has 3 aromatic heterocycles. The van der Waals surface area contributed by atoms with Crippen LogP contribution < -0.4 is 0 Å². The lowest BCUT2D eigenvalue weighted by atomic mass is 10.2. The average Bonchev–Trinajstić information content (AvgIpc) is 3.27. The van der Waals surface area contributed by atoms with Gasteiger partial charge in [-0.05, 0) is 37.6 Å². The predicted octanol–water partition coefficient (Wildman–Crippen LogP) is 5.09. The molecule has 3 heterocycles. The molecule has 0 bridgehead atoms. The van der Waals surface area contributed by atoms with Crippen molar-refractivity contribution in [1.82, 2.24) is 9.88 Å². The van der Waals surface area contributed by atoms with Crippen molar-refractivity contribution in [3.63, 3.8) is 0 Å². The highest BCUT2D eigenvalue weighted by molar-refractivity contribution is 7.19. The molecule has 1 aromatic carbocycles. The van der Waals surface area contributed by atoms with Gasteiger partial charge in [0.05, 0.1) is 17.5 Å². The normalized spacial score (nSPS) is 11.6. The van der Waals surface area contributed by atoms with E-state index in [0.717, 1.165) is 30.1 Å². The van der Waals surface area contributed by atoms with Crippen molar-refractivity contribution < 1.29 is 8.83 Å². The largest absolute Gasteiger partial charge is 0.472 e. The molecule has 0 saturated carbocycles. The fraction of sp³-hybridized carbons (Fsp3) is 0.211. The zero-order chi connectivity index (χ0) is 16.5. The van der Waals surface area contributed by atoms with Gasteiger partial charge in [-0.25, -0.2) is 4.98 Å². The molecule has 0 amide bonds. The minimum Gasteiger partial charge on any atom is -0.472 e. The van der Waals surface area contributed by atoms with Crippen molar-refractivity contribution in [3.05, 3.63) is 65.3 Å². The van der Waals surface area contributed by atoms with Gasteiger partial charge in [0, 0.05) is 22.7 Å². The van der Waals surface area contributed by atoms with Gasteiger partial charge in [0.25, 0.3) is 0 Å². The van der Waals surface area contributed by atoms with Crippen molar-refractivity contribution in [1.29, 1.82) is 0 Å². The molecule has 0 aliphatic rings. The number of aryl methyl sites for hydroxylation is 1. The second-order valence-electron chi connectivity index (χ2n) is 5.96. The Morgan fingerprint density at radius 3 is 2.83 bits per heavy atom. The maximum absolute atomic E-state index is 5.76. The summed E-state index contributed by atoms with van der Waals surface area (Å²) >= 11 is 1.85. The highest BCUT2D eigenvalue weighted by Gasteiger charge is 2.14. The minimum atomic E-state index is 0.617. The number of hydrogen-bond acceptors (Lipinski definition) is 5. The van der Waals surface area contributed by atoms with Crippen LogP contribution in [0.25, 0.3) is 21.5 Å². The quantitative estimate of drug-likeness (QED) is 0.508. The van der Waals surface area contributed by atoms with E-state index in [4.69, 9.17) is 8.83 Å². The maximum Gasteiger partial charge on any atom is 0.229 e. The molecule has 24 heavy (non-hydrogen) atoms. The third-order valence-corrected chi connectivity index (χ3v) is 5.08. The van der Waals surface area contributed by atoms with Crippen LogP contribution in [0.4, 0.5) is 0 Å². The molecule has 0 atom stereocenters. The Morgan fingerprint density at radius 1 is 1.17 bits per heavy atom. The molecule has 0 unspecified atom stereocenters. The summed E-state index contributed by atoms with van der Waals surface area (Å²) in [5, 5.41) is 1.31. The van der Waals surface area contributed by atoms with E-state index in [1.807, 2.05) is 24.3 Å². The van der Waals surface area contributed by atoms with Gasteiger partial charge in [0.1, 0.15) is 12.0 Å². The van der Waals surface area contributed by atoms with E-state index >= 15 is 0 Å². The zero-order valence-corrected chi connectivity index (χ0v) is 14.5. The molecular weight excluding hydrogens is 320 g/mol. The van der Waals surface area contributed by atoms with E-state index in [0.29, 0.717) is 5.89 Å². The second kappa shape index (κ2) is 6.26. The number of oxazole rings is 1. The minimum absolute atomic E-state index is 0.617. The molecule has 0 aliphatic carbocycles. The van der Waals surface area contributed by atoms with Crippen LogP contribution in [-0.4, -0.2) is 16.9 Å². The summed E-state index contributed by atoms with van der Waals surface area (Å²) < 4.78 is 12.2. The lowest BCUT2D eigenvalue weighted by Gasteiger charge is -2.13. The lowest BCUT2D eigenvalue weighted by Crippen LogP contribution is -2.17. The van der Waals surface area contributed by atoms with Gasteiger partial charge in [-0.1, -0.05) is 18.2 Å². The third kappa shape index (κ3) is 3.00. The molecule has 0 radical (unpaired) electrons. The molecule has 0 N–H and O–H groups in total. The number of aromatic nitrogens is 1. The summed E-state index contributed by atoms with van der Waals surface area (Å²) in [6.45, 7) is 3.60. The molecule has 4 aromatic rings. The van der Waals surface area contributed by atoms with Gasteiger partial charge in [-0.15, -0.1) is 11.3 Å². The topological polar surface area (TPSA) is 42.4 Å². The molecule has 0 spiro atoms. The molecule has 122 valence electrons. The smallest absolute Gasteiger partial charge is 0.229 e. The van der Waals surface area contributed by atoms with Crippen LogP contribution in [-0.2, 0) is 13.1 Å². The number of hydrogen-bond donors (Lipinski definition) is 0. The standard InChI is InChI=1S/C19H18N2O2S/c1-13-17(20-19(23-13)15-7-8-22-12-15)11-21(2)10-16-9-14-5-3-4-6-18(14)24-16/h3-9,12H,10-11H2,1-2H3. The summed E-state index contributed by atoms with van der Waals surface area (Å²) in [5.74, 6) is 1.47. The Balaban J connectivity index is 1.48. The van der Waals surface area contributed by atoms with Crippen LogP contribution in [0.15, 0.2) is 57.8 Å². The van der Waals surface area contributed by atoms with Crippen LogP contribution >= 0.6 is 11.3 Å². The van der Waals surface area contributed by atoms with Crippen LogP contribution in [0.2, 0.25) is 0 Å². The molecule has 4 rings (SSSR count). The Morgan fingerprint density at radius 2 is 2.04 bits per heavy atom. The molecule has 0 fully saturated rings. The lowest BCUT2D eigenvalue weighted by molar-refractivity contribution is 0.316. The number of thiophene rings is 1. The summed E-state index contributed by atoms with van der Waals surface area (Å²) in [4.78, 5) is 8.23. The van der Waals surface area contributed by atoms with Crippen molar-refractivity contribution in [2.45, 2.75) is 20.0 Å². The van der Waals surface area contributed by atoms with Gasteiger partial charge in [0.2, 0.25) is 5.89 Å². The Hall–Kier alpha value is -2.37. The predicted molar refractivity (Wildman–Crippen MR) is 95.9 cm³/mol. The van der Waals surface area contributed by atoms with Gasteiger partial charge in [-0.3, -0.25) is 4.90 Å². The first kappa shape index (κ1) is 15.2. The van der Waals surface area contributed by atoms with E-state index in [-0.39, 0.29) is 0 Å². The van der Waals surface area contributed by atoms with Crippen molar-refractivity contribution in [2.75, 3.05) is 7.05 Å². The van der Waals surface area contributed by atoms with Gasteiger partial charge < -0.3 is 8.83 Å². The molecular formula is C19H18N2O2S. The van der Waals surface area contributed by atoms with E-state index in [1.165, 1.54) is 15.0 Å². The van der Waals surface area contributed by atoms with Gasteiger partial charge >= 0.3 is 0 Å². The van der Waals surface area contributed by atoms with Gasteiger partial charge in [-0.2, -0.15) is 0 Å². The molecule has 0 saturated heterocycles. The summed E-state index contributed by atoms with van der Waals surface area (Å²) in [6.07, 6.45) is 3.28. The van der Waals surface area contributed by atoms with Gasteiger partial charge in [0.15, 0.2) is 0 Å². The van der Waals surface area contributed by atoms with Crippen molar-refractivity contribution in [3.8, 4) is 11.5 Å². The molecule has 0 aliphatic heterocycles. The SMILES string of the molecule is Cc1oc(-c2ccoc2)nc1CN(C)Cc1cc2ccccc2s1. The fourth-order valence-corrected chi connectivity index (χ4v) is 3.92. The molecule has 4 nitrogen and oxygen atoms in total. The summed E-state index contributed by atoms with van der Waals surface area (Å²) in [5.41, 5.74) is 1.84. The number of nitrogens with zero attached hydrogens (tertiary/aromatic N) is 2. The average molecular weight is 338 g/mol. The van der Waals surface area contributed by atoms with E-state index in [2.05, 4.69) is 47.3 Å².